The number of nitrogens with two attached hydrogens (primary N) is 1. The van der Waals surface area contributed by atoms with Gasteiger partial charge in [0, 0.05) is 23.8 Å². The van der Waals surface area contributed by atoms with Crippen LogP contribution < -0.4 is 5.73 Å². The van der Waals surface area contributed by atoms with Gasteiger partial charge < -0.3 is 10.2 Å². The standard InChI is InChI=1S/C30H36N2O/c1-23-11-10-15-25(21-23)29(27-16-6-7-17-28(27)30(31)33)26-18-20-32(2,22-26)19-9-8-14-24-12-4-3-5-13-24/h3-7,10-13,15-17,21,26,29H,8-9,14,18-20,22H2,1-2H3,(H-,31,33)/p+1/t26?,29?,32-/m0/s1. The zero-order valence-electron chi connectivity index (χ0n) is 20.0. The Morgan fingerprint density at radius 3 is 2.52 bits per heavy atom. The van der Waals surface area contributed by atoms with Gasteiger partial charge in [0.05, 0.1) is 26.7 Å². The lowest BCUT2D eigenvalue weighted by Gasteiger charge is -2.32. The van der Waals surface area contributed by atoms with Crippen LogP contribution in [0.25, 0.3) is 0 Å². The number of nitrogens with zero attached hydrogens (tertiary/aromatic N) is 1. The Bertz CT molecular complexity index is 1080. The van der Waals surface area contributed by atoms with Gasteiger partial charge in [-0.2, -0.15) is 0 Å². The molecule has 3 nitrogen and oxygen atoms in total. The third-order valence-corrected chi connectivity index (χ3v) is 7.41. The Balaban J connectivity index is 1.51. The molecule has 1 fully saturated rings. The predicted octanol–water partition coefficient (Wildman–Crippen LogP) is 5.72. The topological polar surface area (TPSA) is 43.1 Å². The molecule has 33 heavy (non-hydrogen) atoms. The quantitative estimate of drug-likeness (QED) is 0.335. The second-order valence-electron chi connectivity index (χ2n) is 10.1. The molecule has 3 aromatic carbocycles. The first-order chi connectivity index (χ1) is 16.0. The van der Waals surface area contributed by atoms with Gasteiger partial charge in [0.1, 0.15) is 0 Å². The van der Waals surface area contributed by atoms with Crippen LogP contribution in [0.4, 0.5) is 0 Å². The summed E-state index contributed by atoms with van der Waals surface area (Å²) in [6, 6.07) is 27.5. The van der Waals surface area contributed by atoms with Crippen LogP contribution in [-0.2, 0) is 6.42 Å². The second-order valence-corrected chi connectivity index (χ2v) is 10.1. The first-order valence-electron chi connectivity index (χ1n) is 12.3. The summed E-state index contributed by atoms with van der Waals surface area (Å²) >= 11 is 0. The van der Waals surface area contributed by atoms with E-state index >= 15 is 0 Å². The van der Waals surface area contributed by atoms with Gasteiger partial charge in [-0.05, 0) is 48.9 Å². The molecule has 3 heteroatoms. The van der Waals surface area contributed by atoms with Crippen molar-refractivity contribution in [3.63, 3.8) is 0 Å². The maximum Gasteiger partial charge on any atom is 0.248 e. The molecule has 172 valence electrons. The van der Waals surface area contributed by atoms with E-state index < -0.39 is 0 Å². The zero-order valence-corrected chi connectivity index (χ0v) is 20.0. The maximum atomic E-state index is 12.3. The number of rotatable bonds is 9. The van der Waals surface area contributed by atoms with Crippen LogP contribution in [0, 0.1) is 12.8 Å². The normalized spacial score (nSPS) is 21.1. The highest BCUT2D eigenvalue weighted by molar-refractivity contribution is 5.94. The van der Waals surface area contributed by atoms with Crippen LogP contribution in [0.2, 0.25) is 0 Å². The SMILES string of the molecule is Cc1cccc(C(c2ccccc2C(N)=O)C2CC[N@+](C)(CCCCc3ccccc3)C2)c1. The highest BCUT2D eigenvalue weighted by atomic mass is 16.1. The molecule has 1 saturated heterocycles. The molecule has 0 aliphatic carbocycles. The fourth-order valence-electron chi connectivity index (χ4n) is 5.73. The van der Waals surface area contributed by atoms with E-state index in [2.05, 4.69) is 74.6 Å². The van der Waals surface area contributed by atoms with Crippen LogP contribution in [0.5, 0.6) is 0 Å². The third kappa shape index (κ3) is 5.72. The van der Waals surface area contributed by atoms with Crippen molar-refractivity contribution in [1.82, 2.24) is 0 Å². The van der Waals surface area contributed by atoms with Gasteiger partial charge in [0.15, 0.2) is 0 Å². The van der Waals surface area contributed by atoms with Crippen molar-refractivity contribution in [2.24, 2.45) is 11.7 Å². The van der Waals surface area contributed by atoms with Crippen molar-refractivity contribution < 1.29 is 9.28 Å². The molecule has 1 aliphatic rings. The highest BCUT2D eigenvalue weighted by Crippen LogP contribution is 2.41. The number of quaternary nitrogens is 1. The van der Waals surface area contributed by atoms with Crippen LogP contribution >= 0.6 is 0 Å². The molecule has 2 unspecified atom stereocenters. The van der Waals surface area contributed by atoms with Gasteiger partial charge in [0.2, 0.25) is 5.91 Å². The lowest BCUT2D eigenvalue weighted by atomic mass is 9.78. The second kappa shape index (κ2) is 10.4. The largest absolute Gasteiger partial charge is 0.366 e. The summed E-state index contributed by atoms with van der Waals surface area (Å²) in [6.07, 6.45) is 4.79. The number of primary amides is 1. The number of carbonyl (C=O) groups is 1. The van der Waals surface area contributed by atoms with Crippen LogP contribution in [0.3, 0.4) is 0 Å². The number of carbonyl (C=O) groups excluding carboxylic acids is 1. The molecule has 3 atom stereocenters. The van der Waals surface area contributed by atoms with E-state index in [9.17, 15) is 4.79 Å². The molecule has 0 aromatic heterocycles. The molecule has 1 amide bonds. The average molecular weight is 442 g/mol. The minimum Gasteiger partial charge on any atom is -0.366 e. The van der Waals surface area contributed by atoms with Crippen molar-refractivity contribution >= 4 is 5.91 Å². The summed E-state index contributed by atoms with van der Waals surface area (Å²) in [5.74, 6) is 0.351. The van der Waals surface area contributed by atoms with Gasteiger partial charge in [-0.1, -0.05) is 78.4 Å². The summed E-state index contributed by atoms with van der Waals surface area (Å²) in [4.78, 5) is 12.3. The number of likely N-dealkylation sites (tertiary alicyclic amines) is 1. The lowest BCUT2D eigenvalue weighted by Crippen LogP contribution is -2.43. The third-order valence-electron chi connectivity index (χ3n) is 7.41. The summed E-state index contributed by atoms with van der Waals surface area (Å²) in [6.45, 7) is 5.68. The zero-order chi connectivity index (χ0) is 23.3. The van der Waals surface area contributed by atoms with E-state index in [1.54, 1.807) is 0 Å². The molecule has 4 rings (SSSR count). The van der Waals surface area contributed by atoms with Gasteiger partial charge in [-0.15, -0.1) is 0 Å². The number of aryl methyl sites for hydroxylation is 2. The molecule has 0 saturated carbocycles. The van der Waals surface area contributed by atoms with E-state index in [1.165, 1.54) is 49.0 Å². The summed E-state index contributed by atoms with van der Waals surface area (Å²) in [7, 11) is 2.41. The monoisotopic (exact) mass is 441 g/mol. The Hall–Kier alpha value is -2.91. The number of unbranched alkanes of at least 4 members (excludes halogenated alkanes) is 1. The minimum atomic E-state index is -0.334. The first-order valence-corrected chi connectivity index (χ1v) is 12.3. The molecular weight excluding hydrogens is 404 g/mol. The molecule has 1 heterocycles. The summed E-state index contributed by atoms with van der Waals surface area (Å²) < 4.78 is 1.11. The molecular formula is C30H37N2O+. The van der Waals surface area contributed by atoms with Gasteiger partial charge in [-0.3, -0.25) is 4.79 Å². The Kier molecular flexibility index (Phi) is 7.29. The Morgan fingerprint density at radius 1 is 1.00 bits per heavy atom. The van der Waals surface area contributed by atoms with Crippen molar-refractivity contribution in [3.05, 3.63) is 107 Å². The van der Waals surface area contributed by atoms with Crippen molar-refractivity contribution in [3.8, 4) is 0 Å². The lowest BCUT2D eigenvalue weighted by molar-refractivity contribution is -0.899. The van der Waals surface area contributed by atoms with E-state index in [0.717, 1.165) is 23.0 Å². The summed E-state index contributed by atoms with van der Waals surface area (Å²) in [5.41, 5.74) is 11.5. The smallest absolute Gasteiger partial charge is 0.248 e. The van der Waals surface area contributed by atoms with Crippen molar-refractivity contribution in [1.29, 1.82) is 0 Å². The number of amides is 1. The number of hydrogen-bond acceptors (Lipinski definition) is 1. The fraction of sp³-hybridized carbons (Fsp3) is 0.367. The van der Waals surface area contributed by atoms with E-state index in [-0.39, 0.29) is 11.8 Å². The van der Waals surface area contributed by atoms with E-state index in [0.29, 0.717) is 11.5 Å². The predicted molar refractivity (Wildman–Crippen MR) is 136 cm³/mol. The summed E-state index contributed by atoms with van der Waals surface area (Å²) in [5, 5.41) is 0. The van der Waals surface area contributed by atoms with Crippen LogP contribution in [0.15, 0.2) is 78.9 Å². The molecule has 0 radical (unpaired) electrons. The van der Waals surface area contributed by atoms with Crippen molar-refractivity contribution in [2.45, 2.75) is 38.5 Å². The van der Waals surface area contributed by atoms with E-state index in [1.807, 2.05) is 18.2 Å². The molecule has 1 aliphatic heterocycles. The maximum absolute atomic E-state index is 12.3. The first kappa shape index (κ1) is 23.3. The molecule has 2 N–H and O–H groups in total. The highest BCUT2D eigenvalue weighted by Gasteiger charge is 2.40. The van der Waals surface area contributed by atoms with Gasteiger partial charge in [0.25, 0.3) is 0 Å². The Morgan fingerprint density at radius 2 is 1.76 bits per heavy atom. The van der Waals surface area contributed by atoms with Crippen LogP contribution in [0.1, 0.15) is 57.8 Å². The Labute approximate surface area is 198 Å². The minimum absolute atomic E-state index is 0.192. The van der Waals surface area contributed by atoms with Gasteiger partial charge >= 0.3 is 0 Å². The number of hydrogen-bond donors (Lipinski definition) is 1. The van der Waals surface area contributed by atoms with Gasteiger partial charge in [-0.25, -0.2) is 0 Å². The van der Waals surface area contributed by atoms with Crippen molar-refractivity contribution in [2.75, 3.05) is 26.7 Å². The van der Waals surface area contributed by atoms with E-state index in [4.69, 9.17) is 5.73 Å². The number of benzene rings is 3. The van der Waals surface area contributed by atoms with Crippen LogP contribution in [-0.4, -0.2) is 37.1 Å². The molecule has 3 aromatic rings. The average Bonchev–Trinajstić information content (AvgIpc) is 3.19. The molecule has 0 bridgehead atoms. The fourth-order valence-corrected chi connectivity index (χ4v) is 5.73. The molecule has 0 spiro atoms.